The van der Waals surface area contributed by atoms with Crippen molar-refractivity contribution in [2.45, 2.75) is 38.4 Å². The van der Waals surface area contributed by atoms with Crippen LogP contribution in [0.25, 0.3) is 10.7 Å². The fourth-order valence-corrected chi connectivity index (χ4v) is 3.46. The molecule has 114 valence electrons. The summed E-state index contributed by atoms with van der Waals surface area (Å²) in [6.07, 6.45) is 2.17. The molecule has 0 bridgehead atoms. The summed E-state index contributed by atoms with van der Waals surface area (Å²) in [5.74, 6) is 0.550. The van der Waals surface area contributed by atoms with Crippen LogP contribution in [0.3, 0.4) is 0 Å². The molecule has 0 aliphatic rings. The largest absolute Gasteiger partial charge is 0.481 e. The average molecular weight is 325 g/mol. The molecule has 0 radical (unpaired) electrons. The predicted octanol–water partition coefficient (Wildman–Crippen LogP) is 3.62. The van der Waals surface area contributed by atoms with Crippen LogP contribution in [0.15, 0.2) is 22.7 Å². The second-order valence-corrected chi connectivity index (χ2v) is 6.65. The van der Waals surface area contributed by atoms with Crippen molar-refractivity contribution in [2.24, 2.45) is 5.92 Å². The van der Waals surface area contributed by atoms with E-state index in [4.69, 9.17) is 5.11 Å². The molecular weight excluding hydrogens is 306 g/mol. The molecule has 0 aliphatic carbocycles. The molecular formula is C14H19N3O2S2. The summed E-state index contributed by atoms with van der Waals surface area (Å²) < 4.78 is 2.07. The lowest BCUT2D eigenvalue weighted by Gasteiger charge is -2.16. The van der Waals surface area contributed by atoms with Gasteiger partial charge in [0.1, 0.15) is 0 Å². The van der Waals surface area contributed by atoms with Crippen LogP contribution in [0.1, 0.15) is 26.7 Å². The van der Waals surface area contributed by atoms with Gasteiger partial charge in [0.25, 0.3) is 0 Å². The van der Waals surface area contributed by atoms with Crippen LogP contribution in [-0.2, 0) is 11.3 Å². The summed E-state index contributed by atoms with van der Waals surface area (Å²) >= 11 is 2.85. The Labute approximate surface area is 132 Å². The van der Waals surface area contributed by atoms with Crippen molar-refractivity contribution >= 4 is 29.1 Å². The number of hydrogen-bond acceptors (Lipinski definition) is 5. The summed E-state index contributed by atoms with van der Waals surface area (Å²) in [5, 5.41) is 20.0. The third-order valence-corrected chi connectivity index (χ3v) is 5.20. The predicted molar refractivity (Wildman–Crippen MR) is 85.8 cm³/mol. The van der Waals surface area contributed by atoms with Crippen LogP contribution in [-0.4, -0.2) is 31.6 Å². The number of carboxylic acid groups (broad SMARTS) is 1. The van der Waals surface area contributed by atoms with E-state index in [1.165, 1.54) is 11.8 Å². The van der Waals surface area contributed by atoms with Gasteiger partial charge in [-0.15, -0.1) is 21.5 Å². The second-order valence-electron chi connectivity index (χ2n) is 4.76. The van der Waals surface area contributed by atoms with E-state index < -0.39 is 5.97 Å². The molecule has 21 heavy (non-hydrogen) atoms. The quantitative estimate of drug-likeness (QED) is 0.751. The third kappa shape index (κ3) is 4.07. The molecule has 2 aromatic heterocycles. The number of nitrogens with zero attached hydrogens (tertiary/aromatic N) is 3. The summed E-state index contributed by atoms with van der Waals surface area (Å²) in [7, 11) is 0. The first kappa shape index (κ1) is 16.0. The molecule has 0 aromatic carbocycles. The van der Waals surface area contributed by atoms with Crippen molar-refractivity contribution < 1.29 is 9.90 Å². The van der Waals surface area contributed by atoms with E-state index in [-0.39, 0.29) is 5.75 Å². The minimum atomic E-state index is -0.838. The van der Waals surface area contributed by atoms with E-state index in [1.54, 1.807) is 11.3 Å². The Kier molecular flexibility index (Phi) is 5.81. The van der Waals surface area contributed by atoms with E-state index in [0.29, 0.717) is 11.1 Å². The van der Waals surface area contributed by atoms with E-state index in [9.17, 15) is 4.79 Å². The molecule has 0 saturated carbocycles. The Morgan fingerprint density at radius 2 is 2.19 bits per heavy atom. The number of hydrogen-bond donors (Lipinski definition) is 1. The summed E-state index contributed by atoms with van der Waals surface area (Å²) in [5.41, 5.74) is 0. The molecule has 2 rings (SSSR count). The number of carbonyl (C=O) groups is 1. The zero-order chi connectivity index (χ0) is 15.2. The number of aliphatic carboxylic acids is 1. The maximum absolute atomic E-state index is 10.8. The van der Waals surface area contributed by atoms with Gasteiger partial charge >= 0.3 is 5.97 Å². The van der Waals surface area contributed by atoms with Crippen molar-refractivity contribution in [1.82, 2.24) is 14.8 Å². The minimum absolute atomic E-state index is 0.00545. The maximum Gasteiger partial charge on any atom is 0.313 e. The normalized spacial score (nSPS) is 11.2. The molecule has 5 nitrogen and oxygen atoms in total. The minimum Gasteiger partial charge on any atom is -0.481 e. The highest BCUT2D eigenvalue weighted by Gasteiger charge is 2.18. The Morgan fingerprint density at radius 1 is 1.43 bits per heavy atom. The van der Waals surface area contributed by atoms with Crippen LogP contribution < -0.4 is 0 Å². The van der Waals surface area contributed by atoms with Crippen LogP contribution in [0, 0.1) is 5.92 Å². The van der Waals surface area contributed by atoms with Gasteiger partial charge in [0, 0.05) is 6.54 Å². The van der Waals surface area contributed by atoms with Gasteiger partial charge in [-0.25, -0.2) is 0 Å². The Hall–Kier alpha value is -1.34. The topological polar surface area (TPSA) is 68.0 Å². The molecule has 0 amide bonds. The van der Waals surface area contributed by atoms with Gasteiger partial charge in [-0.1, -0.05) is 44.5 Å². The third-order valence-electron chi connectivity index (χ3n) is 3.38. The highest BCUT2D eigenvalue weighted by Crippen LogP contribution is 2.28. The Bertz CT molecular complexity index is 577. The zero-order valence-corrected chi connectivity index (χ0v) is 13.8. The van der Waals surface area contributed by atoms with Gasteiger partial charge in [0.05, 0.1) is 10.6 Å². The molecule has 7 heteroatoms. The highest BCUT2D eigenvalue weighted by molar-refractivity contribution is 7.99. The fourth-order valence-electron chi connectivity index (χ4n) is 2.08. The van der Waals surface area contributed by atoms with Gasteiger partial charge in [0.2, 0.25) is 0 Å². The molecule has 0 unspecified atom stereocenters. The van der Waals surface area contributed by atoms with E-state index in [2.05, 4.69) is 28.6 Å². The summed E-state index contributed by atoms with van der Waals surface area (Å²) in [6.45, 7) is 5.18. The lowest BCUT2D eigenvalue weighted by molar-refractivity contribution is -0.133. The second kappa shape index (κ2) is 7.61. The van der Waals surface area contributed by atoms with Crippen LogP contribution in [0.5, 0.6) is 0 Å². The molecule has 0 fully saturated rings. The lowest BCUT2D eigenvalue weighted by atomic mass is 10.0. The smallest absolute Gasteiger partial charge is 0.313 e. The Balaban J connectivity index is 2.30. The highest BCUT2D eigenvalue weighted by atomic mass is 32.2. The molecule has 2 heterocycles. The van der Waals surface area contributed by atoms with Gasteiger partial charge in [-0.3, -0.25) is 4.79 Å². The number of carboxylic acids is 1. The first-order valence-corrected chi connectivity index (χ1v) is 8.83. The number of thiophene rings is 1. The monoisotopic (exact) mass is 325 g/mol. The van der Waals surface area contributed by atoms with Crippen molar-refractivity contribution in [1.29, 1.82) is 0 Å². The Morgan fingerprint density at radius 3 is 2.76 bits per heavy atom. The molecule has 0 saturated heterocycles. The number of thioether (sulfide) groups is 1. The van der Waals surface area contributed by atoms with Crippen LogP contribution in [0.4, 0.5) is 0 Å². The van der Waals surface area contributed by atoms with Crippen LogP contribution >= 0.6 is 23.1 Å². The van der Waals surface area contributed by atoms with Crippen molar-refractivity contribution in [3.8, 4) is 10.7 Å². The van der Waals surface area contributed by atoms with Crippen molar-refractivity contribution in [3.05, 3.63) is 17.5 Å². The molecule has 0 aliphatic heterocycles. The van der Waals surface area contributed by atoms with Gasteiger partial charge in [-0.2, -0.15) is 0 Å². The van der Waals surface area contributed by atoms with E-state index in [1.807, 2.05) is 17.5 Å². The average Bonchev–Trinajstić information content (AvgIpc) is 3.11. The van der Waals surface area contributed by atoms with E-state index >= 15 is 0 Å². The van der Waals surface area contributed by atoms with Crippen molar-refractivity contribution in [3.63, 3.8) is 0 Å². The summed E-state index contributed by atoms with van der Waals surface area (Å²) in [6, 6.07) is 4.00. The maximum atomic E-state index is 10.8. The standard InChI is InChI=1S/C14H19N3O2S2/c1-3-10(4-2)8-17-13(11-6-5-7-20-11)15-16-14(17)21-9-12(18)19/h5-7,10H,3-4,8-9H2,1-2H3,(H,18,19). The molecule has 0 spiro atoms. The zero-order valence-electron chi connectivity index (χ0n) is 12.2. The first-order valence-electron chi connectivity index (χ1n) is 6.97. The fraction of sp³-hybridized carbons (Fsp3) is 0.500. The molecule has 1 N–H and O–H groups in total. The van der Waals surface area contributed by atoms with Gasteiger partial charge in [-0.05, 0) is 17.4 Å². The summed E-state index contributed by atoms with van der Waals surface area (Å²) in [4.78, 5) is 11.8. The number of rotatable bonds is 8. The van der Waals surface area contributed by atoms with Gasteiger partial charge in [0.15, 0.2) is 11.0 Å². The molecule has 2 aromatic rings. The van der Waals surface area contributed by atoms with Crippen LogP contribution in [0.2, 0.25) is 0 Å². The first-order chi connectivity index (χ1) is 10.2. The SMILES string of the molecule is CCC(CC)Cn1c(SCC(=O)O)nnc1-c1cccs1. The number of aromatic nitrogens is 3. The molecule has 0 atom stereocenters. The van der Waals surface area contributed by atoms with Gasteiger partial charge < -0.3 is 9.67 Å². The lowest BCUT2D eigenvalue weighted by Crippen LogP contribution is -2.12. The van der Waals surface area contributed by atoms with E-state index in [0.717, 1.165) is 30.1 Å². The van der Waals surface area contributed by atoms with Crippen molar-refractivity contribution in [2.75, 3.05) is 5.75 Å².